The van der Waals surface area contributed by atoms with Crippen molar-refractivity contribution in [3.8, 4) is 6.07 Å². The summed E-state index contributed by atoms with van der Waals surface area (Å²) in [5.74, 6) is 1.62. The number of hydrogen-bond acceptors (Lipinski definition) is 6. The second-order valence-corrected chi connectivity index (χ2v) is 5.54. The second kappa shape index (κ2) is 8.30. The van der Waals surface area contributed by atoms with Crippen LogP contribution in [0.25, 0.3) is 5.70 Å². The zero-order valence-electron chi connectivity index (χ0n) is 14.1. The van der Waals surface area contributed by atoms with Crippen LogP contribution in [0.2, 0.25) is 0 Å². The lowest BCUT2D eigenvalue weighted by Crippen LogP contribution is -2.29. The van der Waals surface area contributed by atoms with Crippen LogP contribution < -0.4 is 10.2 Å². The Morgan fingerprint density at radius 3 is 3.00 bits per heavy atom. The van der Waals surface area contributed by atoms with Crippen molar-refractivity contribution in [2.45, 2.75) is 20.3 Å². The van der Waals surface area contributed by atoms with Gasteiger partial charge in [0, 0.05) is 44.7 Å². The van der Waals surface area contributed by atoms with Gasteiger partial charge in [-0.15, -0.1) is 0 Å². The maximum absolute atomic E-state index is 8.94. The Kier molecular flexibility index (Phi) is 6.12. The maximum Gasteiger partial charge on any atom is 0.177 e. The van der Waals surface area contributed by atoms with Crippen LogP contribution in [-0.4, -0.2) is 48.1 Å². The Morgan fingerprint density at radius 1 is 1.43 bits per heavy atom. The number of allylic oxidation sites excluding steroid dienone is 2. The van der Waals surface area contributed by atoms with Crippen LogP contribution in [0.15, 0.2) is 30.1 Å². The highest BCUT2D eigenvalue weighted by Gasteiger charge is 2.14. The van der Waals surface area contributed by atoms with Crippen molar-refractivity contribution in [1.29, 1.82) is 5.26 Å². The summed E-state index contributed by atoms with van der Waals surface area (Å²) in [6.07, 6.45) is 6.67. The van der Waals surface area contributed by atoms with Gasteiger partial charge in [0.1, 0.15) is 5.82 Å². The summed E-state index contributed by atoms with van der Waals surface area (Å²) in [6, 6.07) is 4.09. The van der Waals surface area contributed by atoms with Crippen LogP contribution >= 0.6 is 0 Å². The fourth-order valence-corrected chi connectivity index (χ4v) is 2.60. The summed E-state index contributed by atoms with van der Waals surface area (Å²) in [5, 5.41) is 12.3. The lowest BCUT2D eigenvalue weighted by atomic mass is 10.3. The summed E-state index contributed by atoms with van der Waals surface area (Å²) in [6.45, 7) is 7.71. The third-order valence-corrected chi connectivity index (χ3v) is 3.75. The van der Waals surface area contributed by atoms with Crippen LogP contribution in [0.3, 0.4) is 0 Å². The second-order valence-electron chi connectivity index (χ2n) is 5.54. The summed E-state index contributed by atoms with van der Waals surface area (Å²) >= 11 is 0. The third kappa shape index (κ3) is 4.54. The van der Waals surface area contributed by atoms with Gasteiger partial charge in [0.15, 0.2) is 5.82 Å². The molecule has 1 aromatic heterocycles. The van der Waals surface area contributed by atoms with Crippen molar-refractivity contribution >= 4 is 11.5 Å². The van der Waals surface area contributed by atoms with Gasteiger partial charge in [-0.25, -0.2) is 9.97 Å². The molecule has 0 spiro atoms. The first-order valence-electron chi connectivity index (χ1n) is 7.92. The van der Waals surface area contributed by atoms with Gasteiger partial charge in [-0.1, -0.05) is 6.08 Å². The highest BCUT2D eigenvalue weighted by Crippen LogP contribution is 2.19. The molecule has 1 N–H and O–H groups in total. The van der Waals surface area contributed by atoms with E-state index in [1.165, 1.54) is 0 Å². The molecule has 0 amide bonds. The minimum Gasteiger partial charge on any atom is -0.355 e. The normalized spacial score (nSPS) is 16.7. The summed E-state index contributed by atoms with van der Waals surface area (Å²) in [5.41, 5.74) is 1.52. The highest BCUT2D eigenvalue weighted by molar-refractivity contribution is 5.60. The molecule has 2 rings (SSSR count). The van der Waals surface area contributed by atoms with Crippen molar-refractivity contribution in [2.24, 2.45) is 0 Å². The van der Waals surface area contributed by atoms with Crippen molar-refractivity contribution in [3.05, 3.63) is 35.9 Å². The van der Waals surface area contributed by atoms with Gasteiger partial charge in [-0.2, -0.15) is 5.26 Å². The van der Waals surface area contributed by atoms with E-state index in [-0.39, 0.29) is 0 Å². The van der Waals surface area contributed by atoms with E-state index >= 15 is 0 Å². The molecule has 1 fully saturated rings. The topological polar surface area (TPSA) is 68.1 Å². The lowest BCUT2D eigenvalue weighted by molar-refractivity contribution is 0.640. The predicted molar refractivity (Wildman–Crippen MR) is 92.5 cm³/mol. The van der Waals surface area contributed by atoms with E-state index in [9.17, 15) is 0 Å². The molecule has 0 atom stereocenters. The molecule has 1 saturated heterocycles. The van der Waals surface area contributed by atoms with E-state index in [2.05, 4.69) is 21.3 Å². The number of nitrogens with one attached hydrogen (secondary N) is 1. The molecule has 0 aromatic carbocycles. The van der Waals surface area contributed by atoms with Crippen LogP contribution in [-0.2, 0) is 0 Å². The molecule has 0 saturated carbocycles. The van der Waals surface area contributed by atoms with Crippen molar-refractivity contribution in [2.75, 3.05) is 38.1 Å². The van der Waals surface area contributed by atoms with E-state index in [1.807, 2.05) is 31.0 Å². The van der Waals surface area contributed by atoms with Crippen LogP contribution in [0, 0.1) is 11.3 Å². The average Bonchev–Trinajstić information content (AvgIpc) is 2.85. The number of nitriles is 1. The molecule has 23 heavy (non-hydrogen) atoms. The van der Waals surface area contributed by atoms with Gasteiger partial charge in [0.05, 0.1) is 11.8 Å². The van der Waals surface area contributed by atoms with Crippen molar-refractivity contribution in [1.82, 2.24) is 20.2 Å². The summed E-state index contributed by atoms with van der Waals surface area (Å²) in [7, 11) is 1.90. The Labute approximate surface area is 138 Å². The Morgan fingerprint density at radius 2 is 2.26 bits per heavy atom. The molecule has 6 heteroatoms. The molecule has 6 nitrogen and oxygen atoms in total. The van der Waals surface area contributed by atoms with Gasteiger partial charge in [0.2, 0.25) is 0 Å². The van der Waals surface area contributed by atoms with E-state index in [0.29, 0.717) is 11.4 Å². The maximum atomic E-state index is 8.94. The number of aromatic nitrogens is 2. The molecule has 1 aliphatic rings. The summed E-state index contributed by atoms with van der Waals surface area (Å²) in [4.78, 5) is 13.3. The fourth-order valence-electron chi connectivity index (χ4n) is 2.60. The number of nitrogens with zero attached hydrogens (tertiary/aromatic N) is 5. The first-order chi connectivity index (χ1) is 11.2. The molecule has 0 bridgehead atoms. The SMILES string of the molecule is CC=C(c1nccc(N2CCCNCC2)n1)N(C)C=C(C)C#N. The molecule has 0 aliphatic carbocycles. The molecule has 2 heterocycles. The quantitative estimate of drug-likeness (QED) is 0.858. The molecular weight excluding hydrogens is 288 g/mol. The Hall–Kier alpha value is -2.39. The number of rotatable bonds is 4. The Bertz CT molecular complexity index is 620. The zero-order valence-corrected chi connectivity index (χ0v) is 14.1. The highest BCUT2D eigenvalue weighted by atomic mass is 15.2. The van der Waals surface area contributed by atoms with Crippen LogP contribution in [0.1, 0.15) is 26.1 Å². The van der Waals surface area contributed by atoms with E-state index in [4.69, 9.17) is 10.2 Å². The largest absolute Gasteiger partial charge is 0.355 e. The monoisotopic (exact) mass is 312 g/mol. The molecule has 1 aromatic rings. The van der Waals surface area contributed by atoms with Crippen LogP contribution in [0.4, 0.5) is 5.82 Å². The molecule has 1 aliphatic heterocycles. The van der Waals surface area contributed by atoms with Gasteiger partial charge in [-0.05, 0) is 32.9 Å². The molecule has 0 radical (unpaired) electrons. The van der Waals surface area contributed by atoms with Crippen molar-refractivity contribution < 1.29 is 0 Å². The lowest BCUT2D eigenvalue weighted by Gasteiger charge is -2.23. The van der Waals surface area contributed by atoms with Crippen molar-refractivity contribution in [3.63, 3.8) is 0 Å². The minimum atomic E-state index is 0.640. The third-order valence-electron chi connectivity index (χ3n) is 3.75. The Balaban J connectivity index is 2.25. The van der Waals surface area contributed by atoms with E-state index in [1.54, 1.807) is 19.3 Å². The molecule has 122 valence electrons. The van der Waals surface area contributed by atoms with Gasteiger partial charge in [0.25, 0.3) is 0 Å². The van der Waals surface area contributed by atoms with Gasteiger partial charge < -0.3 is 15.1 Å². The molecular formula is C17H24N6. The fraction of sp³-hybridized carbons (Fsp3) is 0.471. The van der Waals surface area contributed by atoms with Gasteiger partial charge >= 0.3 is 0 Å². The first kappa shape index (κ1) is 17.0. The summed E-state index contributed by atoms with van der Waals surface area (Å²) < 4.78 is 0. The first-order valence-corrected chi connectivity index (χ1v) is 7.92. The standard InChI is InChI=1S/C17H24N6/c1-4-15(22(3)13-14(2)12-18)17-20-8-6-16(21-17)23-10-5-7-19-9-11-23/h4,6,8,13,19H,5,7,9-11H2,1-3H3. The zero-order chi connectivity index (χ0) is 16.7. The smallest absolute Gasteiger partial charge is 0.177 e. The number of anilines is 1. The van der Waals surface area contributed by atoms with Gasteiger partial charge in [-0.3, -0.25) is 0 Å². The van der Waals surface area contributed by atoms with E-state index in [0.717, 1.165) is 44.1 Å². The number of hydrogen-bond donors (Lipinski definition) is 1. The van der Waals surface area contributed by atoms with Crippen LogP contribution in [0.5, 0.6) is 0 Å². The molecule has 0 unspecified atom stereocenters. The average molecular weight is 312 g/mol. The predicted octanol–water partition coefficient (Wildman–Crippen LogP) is 2.00. The minimum absolute atomic E-state index is 0.640. The van der Waals surface area contributed by atoms with E-state index < -0.39 is 0 Å².